The molecule has 0 aromatic rings. The second kappa shape index (κ2) is 5.70. The second-order valence-corrected chi connectivity index (χ2v) is 4.00. The fourth-order valence-electron chi connectivity index (χ4n) is 1.67. The molecular formula is C10H19N3O2. The van der Waals surface area contributed by atoms with Crippen molar-refractivity contribution in [3.05, 3.63) is 0 Å². The van der Waals surface area contributed by atoms with Gasteiger partial charge in [0.2, 0.25) is 11.8 Å². The van der Waals surface area contributed by atoms with E-state index in [1.165, 1.54) is 7.05 Å². The molecule has 5 heteroatoms. The van der Waals surface area contributed by atoms with Crippen molar-refractivity contribution in [2.24, 2.45) is 0 Å². The van der Waals surface area contributed by atoms with Crippen LogP contribution in [0.15, 0.2) is 0 Å². The molecule has 5 nitrogen and oxygen atoms in total. The standard InChI is InChI=1S/C10H19N3O2/c1-11-9(14)7-10(15)12-8-3-5-13(2)6-4-8/h8H,3-7H2,1-2H3,(H,11,14)(H,12,15). The van der Waals surface area contributed by atoms with Crippen molar-refractivity contribution in [3.8, 4) is 0 Å². The van der Waals surface area contributed by atoms with Crippen LogP contribution < -0.4 is 10.6 Å². The molecule has 1 saturated heterocycles. The fourth-order valence-corrected chi connectivity index (χ4v) is 1.67. The monoisotopic (exact) mass is 213 g/mol. The molecule has 15 heavy (non-hydrogen) atoms. The van der Waals surface area contributed by atoms with E-state index in [0.29, 0.717) is 0 Å². The molecule has 0 bridgehead atoms. The van der Waals surface area contributed by atoms with E-state index in [0.717, 1.165) is 25.9 Å². The zero-order valence-corrected chi connectivity index (χ0v) is 9.38. The smallest absolute Gasteiger partial charge is 0.229 e. The van der Waals surface area contributed by atoms with E-state index in [1.807, 2.05) is 0 Å². The maximum absolute atomic E-state index is 11.4. The van der Waals surface area contributed by atoms with Crippen molar-refractivity contribution in [2.45, 2.75) is 25.3 Å². The number of hydrogen-bond donors (Lipinski definition) is 2. The maximum Gasteiger partial charge on any atom is 0.229 e. The highest BCUT2D eigenvalue weighted by atomic mass is 16.2. The van der Waals surface area contributed by atoms with Crippen LogP contribution >= 0.6 is 0 Å². The molecule has 0 unspecified atom stereocenters. The Kier molecular flexibility index (Phi) is 4.55. The summed E-state index contributed by atoms with van der Waals surface area (Å²) >= 11 is 0. The van der Waals surface area contributed by atoms with Crippen LogP contribution in [0, 0.1) is 0 Å². The van der Waals surface area contributed by atoms with Gasteiger partial charge in [0.25, 0.3) is 0 Å². The Morgan fingerprint density at radius 1 is 1.27 bits per heavy atom. The molecule has 0 spiro atoms. The molecule has 0 radical (unpaired) electrons. The van der Waals surface area contributed by atoms with Crippen LogP contribution in [-0.2, 0) is 9.59 Å². The van der Waals surface area contributed by atoms with Gasteiger partial charge in [-0.25, -0.2) is 0 Å². The van der Waals surface area contributed by atoms with E-state index >= 15 is 0 Å². The Labute approximate surface area is 90.2 Å². The van der Waals surface area contributed by atoms with Gasteiger partial charge in [-0.05, 0) is 33.0 Å². The summed E-state index contributed by atoms with van der Waals surface area (Å²) < 4.78 is 0. The Morgan fingerprint density at radius 2 is 1.87 bits per heavy atom. The van der Waals surface area contributed by atoms with Gasteiger partial charge < -0.3 is 15.5 Å². The minimum atomic E-state index is -0.236. The molecule has 0 aromatic carbocycles. The predicted molar refractivity (Wildman–Crippen MR) is 57.3 cm³/mol. The summed E-state index contributed by atoms with van der Waals surface area (Å²) in [7, 11) is 3.60. The molecule has 1 fully saturated rings. The highest BCUT2D eigenvalue weighted by Crippen LogP contribution is 2.07. The van der Waals surface area contributed by atoms with Crippen molar-refractivity contribution in [2.75, 3.05) is 27.2 Å². The number of rotatable bonds is 3. The lowest BCUT2D eigenvalue weighted by Gasteiger charge is -2.29. The molecule has 1 aliphatic rings. The van der Waals surface area contributed by atoms with Gasteiger partial charge in [-0.2, -0.15) is 0 Å². The highest BCUT2D eigenvalue weighted by molar-refractivity contribution is 5.96. The second-order valence-electron chi connectivity index (χ2n) is 4.00. The molecule has 0 atom stereocenters. The molecule has 0 aromatic heterocycles. The number of amides is 2. The van der Waals surface area contributed by atoms with Crippen LogP contribution in [0.25, 0.3) is 0 Å². The minimum absolute atomic E-state index is 0.0666. The Bertz CT molecular complexity index is 235. The first-order valence-corrected chi connectivity index (χ1v) is 5.30. The Balaban J connectivity index is 2.23. The van der Waals surface area contributed by atoms with Gasteiger partial charge in [0.15, 0.2) is 0 Å². The Hall–Kier alpha value is -1.10. The van der Waals surface area contributed by atoms with Crippen LogP contribution in [0.3, 0.4) is 0 Å². The van der Waals surface area contributed by atoms with Gasteiger partial charge in [0.05, 0.1) is 0 Å². The van der Waals surface area contributed by atoms with Gasteiger partial charge in [-0.1, -0.05) is 0 Å². The van der Waals surface area contributed by atoms with E-state index in [9.17, 15) is 9.59 Å². The number of carbonyl (C=O) groups excluding carboxylic acids is 2. The van der Waals surface area contributed by atoms with Crippen LogP contribution in [-0.4, -0.2) is 49.9 Å². The van der Waals surface area contributed by atoms with Crippen molar-refractivity contribution in [1.29, 1.82) is 0 Å². The van der Waals surface area contributed by atoms with Crippen molar-refractivity contribution >= 4 is 11.8 Å². The third kappa shape index (κ3) is 4.29. The van der Waals surface area contributed by atoms with Gasteiger partial charge in [0, 0.05) is 13.1 Å². The molecule has 1 rings (SSSR count). The SMILES string of the molecule is CNC(=O)CC(=O)NC1CCN(C)CC1. The summed E-state index contributed by atoms with van der Waals surface area (Å²) in [6.07, 6.45) is 1.87. The molecule has 2 N–H and O–H groups in total. The van der Waals surface area contributed by atoms with Crippen LogP contribution in [0.4, 0.5) is 0 Å². The maximum atomic E-state index is 11.4. The zero-order valence-electron chi connectivity index (χ0n) is 9.38. The normalized spacial score (nSPS) is 18.5. The average Bonchev–Trinajstić information content (AvgIpc) is 2.21. The van der Waals surface area contributed by atoms with E-state index < -0.39 is 0 Å². The minimum Gasteiger partial charge on any atom is -0.359 e. The van der Waals surface area contributed by atoms with Crippen LogP contribution in [0.1, 0.15) is 19.3 Å². The van der Waals surface area contributed by atoms with E-state index in [-0.39, 0.29) is 24.3 Å². The van der Waals surface area contributed by atoms with Gasteiger partial charge in [-0.15, -0.1) is 0 Å². The third-order valence-corrected chi connectivity index (χ3v) is 2.68. The first kappa shape index (κ1) is 12.0. The zero-order chi connectivity index (χ0) is 11.3. The predicted octanol–water partition coefficient (Wildman–Crippen LogP) is -0.667. The quantitative estimate of drug-likeness (QED) is 0.611. The summed E-state index contributed by atoms with van der Waals surface area (Å²) in [5, 5.41) is 5.31. The average molecular weight is 213 g/mol. The molecular weight excluding hydrogens is 194 g/mol. The Morgan fingerprint density at radius 3 is 2.40 bits per heavy atom. The van der Waals surface area contributed by atoms with Crippen LogP contribution in [0.2, 0.25) is 0 Å². The van der Waals surface area contributed by atoms with E-state index in [1.54, 1.807) is 0 Å². The lowest BCUT2D eigenvalue weighted by Crippen LogP contribution is -2.44. The number of carbonyl (C=O) groups is 2. The summed E-state index contributed by atoms with van der Waals surface area (Å²) in [5.74, 6) is -0.413. The lowest BCUT2D eigenvalue weighted by atomic mass is 10.1. The number of hydrogen-bond acceptors (Lipinski definition) is 3. The summed E-state index contributed by atoms with van der Waals surface area (Å²) in [6.45, 7) is 2.01. The molecule has 0 saturated carbocycles. The highest BCUT2D eigenvalue weighted by Gasteiger charge is 2.19. The number of likely N-dealkylation sites (tertiary alicyclic amines) is 1. The number of nitrogens with one attached hydrogen (secondary N) is 2. The van der Waals surface area contributed by atoms with Gasteiger partial charge in [0.1, 0.15) is 6.42 Å². The van der Waals surface area contributed by atoms with Crippen molar-refractivity contribution in [1.82, 2.24) is 15.5 Å². The molecule has 2 amide bonds. The first-order valence-electron chi connectivity index (χ1n) is 5.30. The van der Waals surface area contributed by atoms with Crippen molar-refractivity contribution in [3.63, 3.8) is 0 Å². The number of nitrogens with zero attached hydrogens (tertiary/aromatic N) is 1. The van der Waals surface area contributed by atoms with E-state index in [4.69, 9.17) is 0 Å². The topological polar surface area (TPSA) is 61.4 Å². The molecule has 0 aliphatic carbocycles. The summed E-state index contributed by atoms with van der Waals surface area (Å²) in [4.78, 5) is 24.5. The van der Waals surface area contributed by atoms with Crippen LogP contribution in [0.5, 0.6) is 0 Å². The van der Waals surface area contributed by atoms with Crippen molar-refractivity contribution < 1.29 is 9.59 Å². The fraction of sp³-hybridized carbons (Fsp3) is 0.800. The molecule has 1 aliphatic heterocycles. The lowest BCUT2D eigenvalue weighted by molar-refractivity contribution is -0.129. The molecule has 86 valence electrons. The number of piperidine rings is 1. The summed E-state index contributed by atoms with van der Waals surface area (Å²) in [6, 6.07) is 0.235. The van der Waals surface area contributed by atoms with Gasteiger partial charge >= 0.3 is 0 Å². The largest absolute Gasteiger partial charge is 0.359 e. The first-order chi connectivity index (χ1) is 7.11. The van der Waals surface area contributed by atoms with Gasteiger partial charge in [-0.3, -0.25) is 9.59 Å². The third-order valence-electron chi connectivity index (χ3n) is 2.68. The van der Waals surface area contributed by atoms with E-state index in [2.05, 4.69) is 22.6 Å². The summed E-state index contributed by atoms with van der Waals surface area (Å²) in [5.41, 5.74) is 0. The molecule has 1 heterocycles.